The highest BCUT2D eigenvalue weighted by molar-refractivity contribution is 6.32. The largest absolute Gasteiger partial charge is 0.235 e. The van der Waals surface area contributed by atoms with Crippen LogP contribution in [0.4, 0.5) is 0 Å². The molecule has 0 spiro atoms. The number of nitriles is 1. The van der Waals surface area contributed by atoms with Crippen LogP contribution in [0.5, 0.6) is 0 Å². The summed E-state index contributed by atoms with van der Waals surface area (Å²) < 4.78 is 0. The Morgan fingerprint density at radius 1 is 1.38 bits per heavy atom. The van der Waals surface area contributed by atoms with Crippen molar-refractivity contribution >= 4 is 40.2 Å². The molecular formula is C12H6Cl2N2. The second-order valence-electron chi connectivity index (χ2n) is 3.17. The Morgan fingerprint density at radius 3 is 2.75 bits per heavy atom. The van der Waals surface area contributed by atoms with Crippen molar-refractivity contribution < 1.29 is 0 Å². The predicted octanol–water partition coefficient (Wildman–Crippen LogP) is 4.06. The maximum Gasteiger partial charge on any atom is 0.138 e. The fourth-order valence-corrected chi connectivity index (χ4v) is 1.96. The molecule has 0 bridgehead atoms. The van der Waals surface area contributed by atoms with E-state index in [9.17, 15) is 0 Å². The van der Waals surface area contributed by atoms with Crippen LogP contribution in [0, 0.1) is 11.3 Å². The van der Waals surface area contributed by atoms with Crippen molar-refractivity contribution in [3.8, 4) is 6.07 Å². The normalized spacial score (nSPS) is 10.1. The number of fused-ring (bicyclic) bond motifs is 1. The molecule has 0 saturated carbocycles. The van der Waals surface area contributed by atoms with E-state index in [0.29, 0.717) is 27.1 Å². The lowest BCUT2D eigenvalue weighted by atomic mass is 10.0. The van der Waals surface area contributed by atoms with Gasteiger partial charge in [-0.05, 0) is 18.2 Å². The van der Waals surface area contributed by atoms with Gasteiger partial charge >= 0.3 is 0 Å². The third-order valence-corrected chi connectivity index (χ3v) is 2.78. The van der Waals surface area contributed by atoms with Crippen LogP contribution in [0.3, 0.4) is 0 Å². The zero-order valence-electron chi connectivity index (χ0n) is 8.17. The lowest BCUT2D eigenvalue weighted by Gasteiger charge is -2.05. The molecule has 0 N–H and O–H groups in total. The molecule has 0 aliphatic carbocycles. The van der Waals surface area contributed by atoms with Crippen molar-refractivity contribution in [1.29, 1.82) is 5.26 Å². The van der Waals surface area contributed by atoms with E-state index in [4.69, 9.17) is 28.5 Å². The van der Waals surface area contributed by atoms with Gasteiger partial charge in [-0.2, -0.15) is 5.26 Å². The molecule has 0 radical (unpaired) electrons. The van der Waals surface area contributed by atoms with Gasteiger partial charge in [0.15, 0.2) is 0 Å². The van der Waals surface area contributed by atoms with Crippen LogP contribution in [0.15, 0.2) is 24.8 Å². The SMILES string of the molecule is C=Cc1c(Cl)nc2ccc(Cl)cc2c1C#N. The summed E-state index contributed by atoms with van der Waals surface area (Å²) in [5.41, 5.74) is 1.64. The summed E-state index contributed by atoms with van der Waals surface area (Å²) in [6.45, 7) is 3.62. The van der Waals surface area contributed by atoms with Gasteiger partial charge in [-0.15, -0.1) is 0 Å². The summed E-state index contributed by atoms with van der Waals surface area (Å²) in [5, 5.41) is 10.7. The molecule has 0 atom stereocenters. The van der Waals surface area contributed by atoms with Crippen LogP contribution in [0.2, 0.25) is 10.2 Å². The van der Waals surface area contributed by atoms with Crippen molar-refractivity contribution in [3.05, 3.63) is 46.1 Å². The summed E-state index contributed by atoms with van der Waals surface area (Å²) >= 11 is 11.8. The maximum atomic E-state index is 9.14. The van der Waals surface area contributed by atoms with Crippen LogP contribution < -0.4 is 0 Å². The molecule has 1 heterocycles. The highest BCUT2D eigenvalue weighted by Gasteiger charge is 2.11. The van der Waals surface area contributed by atoms with Crippen LogP contribution in [-0.4, -0.2) is 4.98 Å². The number of benzene rings is 1. The topological polar surface area (TPSA) is 36.7 Å². The van der Waals surface area contributed by atoms with Crippen molar-refractivity contribution in [3.63, 3.8) is 0 Å². The van der Waals surface area contributed by atoms with Gasteiger partial charge < -0.3 is 0 Å². The number of hydrogen-bond acceptors (Lipinski definition) is 2. The van der Waals surface area contributed by atoms with E-state index in [2.05, 4.69) is 17.6 Å². The number of nitrogens with zero attached hydrogens (tertiary/aromatic N) is 2. The molecule has 0 aliphatic rings. The molecule has 4 heteroatoms. The number of rotatable bonds is 1. The summed E-state index contributed by atoms with van der Waals surface area (Å²) in [7, 11) is 0. The molecule has 2 nitrogen and oxygen atoms in total. The Labute approximate surface area is 103 Å². The van der Waals surface area contributed by atoms with Crippen molar-refractivity contribution in [2.24, 2.45) is 0 Å². The monoisotopic (exact) mass is 248 g/mol. The Kier molecular flexibility index (Phi) is 2.82. The first-order chi connectivity index (χ1) is 7.67. The molecule has 0 unspecified atom stereocenters. The fraction of sp³-hybridized carbons (Fsp3) is 0. The standard InChI is InChI=1S/C12H6Cl2N2/c1-2-8-10(6-15)9-5-7(13)3-4-11(9)16-12(8)14/h2-5H,1H2. The summed E-state index contributed by atoms with van der Waals surface area (Å²) in [6.07, 6.45) is 1.52. The van der Waals surface area contributed by atoms with Gasteiger partial charge in [-0.25, -0.2) is 4.98 Å². The number of halogens is 2. The number of pyridine rings is 1. The molecule has 0 aliphatic heterocycles. The van der Waals surface area contributed by atoms with Gasteiger partial charge in [0, 0.05) is 16.0 Å². The summed E-state index contributed by atoms with van der Waals surface area (Å²) in [4.78, 5) is 4.18. The molecule has 1 aromatic carbocycles. The average Bonchev–Trinajstić information content (AvgIpc) is 2.28. The molecule has 2 aromatic rings. The van der Waals surface area contributed by atoms with E-state index in [0.717, 1.165) is 0 Å². The minimum Gasteiger partial charge on any atom is -0.235 e. The van der Waals surface area contributed by atoms with Gasteiger partial charge in [0.25, 0.3) is 0 Å². The van der Waals surface area contributed by atoms with Gasteiger partial charge in [-0.1, -0.05) is 35.9 Å². The first-order valence-electron chi connectivity index (χ1n) is 4.48. The number of hydrogen-bond donors (Lipinski definition) is 0. The summed E-state index contributed by atoms with van der Waals surface area (Å²) in [6, 6.07) is 7.25. The first kappa shape index (κ1) is 10.9. The Hall–Kier alpha value is -1.56. The van der Waals surface area contributed by atoms with E-state index >= 15 is 0 Å². The van der Waals surface area contributed by atoms with Crippen LogP contribution in [0.1, 0.15) is 11.1 Å². The smallest absolute Gasteiger partial charge is 0.138 e. The second kappa shape index (κ2) is 4.13. The molecule has 0 amide bonds. The Morgan fingerprint density at radius 2 is 2.12 bits per heavy atom. The average molecular weight is 249 g/mol. The van der Waals surface area contributed by atoms with Crippen molar-refractivity contribution in [2.75, 3.05) is 0 Å². The predicted molar refractivity (Wildman–Crippen MR) is 66.6 cm³/mol. The maximum absolute atomic E-state index is 9.14. The molecular weight excluding hydrogens is 243 g/mol. The molecule has 78 valence electrons. The molecule has 0 fully saturated rings. The highest BCUT2D eigenvalue weighted by atomic mass is 35.5. The van der Waals surface area contributed by atoms with E-state index in [1.165, 1.54) is 6.08 Å². The van der Waals surface area contributed by atoms with E-state index in [1.54, 1.807) is 18.2 Å². The highest BCUT2D eigenvalue weighted by Crippen LogP contribution is 2.28. The molecule has 2 rings (SSSR count). The Bertz CT molecular complexity index is 627. The van der Waals surface area contributed by atoms with Gasteiger partial charge in [-0.3, -0.25) is 0 Å². The van der Waals surface area contributed by atoms with E-state index < -0.39 is 0 Å². The van der Waals surface area contributed by atoms with Gasteiger partial charge in [0.05, 0.1) is 11.1 Å². The fourth-order valence-electron chi connectivity index (χ4n) is 1.53. The van der Waals surface area contributed by atoms with E-state index in [-0.39, 0.29) is 5.15 Å². The van der Waals surface area contributed by atoms with Crippen LogP contribution in [-0.2, 0) is 0 Å². The first-order valence-corrected chi connectivity index (χ1v) is 5.24. The zero-order chi connectivity index (χ0) is 11.7. The molecule has 0 saturated heterocycles. The third kappa shape index (κ3) is 1.65. The van der Waals surface area contributed by atoms with Crippen LogP contribution in [0.25, 0.3) is 17.0 Å². The summed E-state index contributed by atoms with van der Waals surface area (Å²) in [5.74, 6) is 0. The van der Waals surface area contributed by atoms with Gasteiger partial charge in [0.2, 0.25) is 0 Å². The molecule has 1 aromatic heterocycles. The Balaban J connectivity index is 2.99. The van der Waals surface area contributed by atoms with Gasteiger partial charge in [0.1, 0.15) is 11.2 Å². The molecule has 16 heavy (non-hydrogen) atoms. The zero-order valence-corrected chi connectivity index (χ0v) is 9.68. The quantitative estimate of drug-likeness (QED) is 0.714. The number of aromatic nitrogens is 1. The minimum atomic E-state index is 0.279. The van der Waals surface area contributed by atoms with Crippen molar-refractivity contribution in [1.82, 2.24) is 4.98 Å². The van der Waals surface area contributed by atoms with Crippen molar-refractivity contribution in [2.45, 2.75) is 0 Å². The minimum absolute atomic E-state index is 0.279. The lowest BCUT2D eigenvalue weighted by molar-refractivity contribution is 1.37. The lowest BCUT2D eigenvalue weighted by Crippen LogP contribution is -1.91. The second-order valence-corrected chi connectivity index (χ2v) is 3.96. The van der Waals surface area contributed by atoms with E-state index in [1.807, 2.05) is 0 Å². The van der Waals surface area contributed by atoms with Crippen LogP contribution >= 0.6 is 23.2 Å². The third-order valence-electron chi connectivity index (χ3n) is 2.25.